The number of hydrogen-bond acceptors (Lipinski definition) is 6. The summed E-state index contributed by atoms with van der Waals surface area (Å²) in [5, 5.41) is 14.1. The zero-order chi connectivity index (χ0) is 17.8. The van der Waals surface area contributed by atoms with Crippen LogP contribution in [0.25, 0.3) is 10.7 Å². The first-order chi connectivity index (χ1) is 12.0. The van der Waals surface area contributed by atoms with Crippen molar-refractivity contribution < 1.29 is 4.79 Å². The maximum atomic E-state index is 12.1. The number of amides is 1. The highest BCUT2D eigenvalue weighted by molar-refractivity contribution is 9.10. The molecule has 0 saturated carbocycles. The van der Waals surface area contributed by atoms with Gasteiger partial charge in [-0.3, -0.25) is 9.36 Å². The highest BCUT2D eigenvalue weighted by Crippen LogP contribution is 2.30. The SMILES string of the molecule is CC(C)n1c(SCC(=O)Nc2ccc(Br)cn2)nnc1-c1cccs1. The smallest absolute Gasteiger partial charge is 0.236 e. The number of thioether (sulfide) groups is 1. The number of thiophene rings is 1. The van der Waals surface area contributed by atoms with Crippen molar-refractivity contribution >= 4 is 50.8 Å². The Morgan fingerprint density at radius 2 is 2.20 bits per heavy atom. The van der Waals surface area contributed by atoms with Crippen LogP contribution in [0.15, 0.2) is 45.5 Å². The second-order valence-electron chi connectivity index (χ2n) is 5.45. The lowest BCUT2D eigenvalue weighted by Crippen LogP contribution is -2.15. The fourth-order valence-corrected chi connectivity index (χ4v) is 3.98. The Balaban J connectivity index is 1.68. The number of pyridine rings is 1. The van der Waals surface area contributed by atoms with E-state index in [2.05, 4.69) is 54.8 Å². The number of aromatic nitrogens is 4. The van der Waals surface area contributed by atoms with Crippen molar-refractivity contribution in [2.75, 3.05) is 11.1 Å². The van der Waals surface area contributed by atoms with Crippen LogP contribution in [0, 0.1) is 0 Å². The molecule has 3 aromatic heterocycles. The molecule has 3 aromatic rings. The number of carbonyl (C=O) groups excluding carboxylic acids is 1. The minimum Gasteiger partial charge on any atom is -0.310 e. The van der Waals surface area contributed by atoms with Crippen molar-refractivity contribution in [3.05, 3.63) is 40.3 Å². The van der Waals surface area contributed by atoms with E-state index < -0.39 is 0 Å². The summed E-state index contributed by atoms with van der Waals surface area (Å²) in [6, 6.07) is 7.79. The molecule has 3 rings (SSSR count). The van der Waals surface area contributed by atoms with E-state index in [0.29, 0.717) is 5.82 Å². The zero-order valence-electron chi connectivity index (χ0n) is 13.6. The Hall–Kier alpha value is -1.71. The molecule has 9 heteroatoms. The molecule has 0 aliphatic carbocycles. The lowest BCUT2D eigenvalue weighted by molar-refractivity contribution is -0.113. The van der Waals surface area contributed by atoms with Crippen LogP contribution >= 0.6 is 39.0 Å². The third kappa shape index (κ3) is 4.47. The van der Waals surface area contributed by atoms with Crippen molar-refractivity contribution in [1.29, 1.82) is 0 Å². The van der Waals surface area contributed by atoms with Gasteiger partial charge in [0.2, 0.25) is 5.91 Å². The standard InChI is InChI=1S/C16H16BrN5OS2/c1-10(2)22-15(12-4-3-7-24-12)20-21-16(22)25-9-14(23)19-13-6-5-11(17)8-18-13/h3-8,10H,9H2,1-2H3,(H,18,19,23). The molecule has 0 atom stereocenters. The summed E-state index contributed by atoms with van der Waals surface area (Å²) >= 11 is 6.31. The molecule has 0 bridgehead atoms. The molecule has 0 radical (unpaired) electrons. The largest absolute Gasteiger partial charge is 0.310 e. The van der Waals surface area contributed by atoms with Crippen molar-refractivity contribution in [2.24, 2.45) is 0 Å². The topological polar surface area (TPSA) is 72.7 Å². The Bertz CT molecular complexity index is 846. The summed E-state index contributed by atoms with van der Waals surface area (Å²) in [6.07, 6.45) is 1.64. The van der Waals surface area contributed by atoms with Gasteiger partial charge in [-0.2, -0.15) is 0 Å². The maximum Gasteiger partial charge on any atom is 0.236 e. The van der Waals surface area contributed by atoms with Gasteiger partial charge in [0.05, 0.1) is 10.6 Å². The van der Waals surface area contributed by atoms with E-state index in [4.69, 9.17) is 0 Å². The first kappa shape index (κ1) is 18.1. The molecule has 0 fully saturated rings. The minimum absolute atomic E-state index is 0.129. The Morgan fingerprint density at radius 3 is 2.84 bits per heavy atom. The lowest BCUT2D eigenvalue weighted by Gasteiger charge is -2.12. The summed E-state index contributed by atoms with van der Waals surface area (Å²) < 4.78 is 2.92. The molecule has 0 saturated heterocycles. The van der Waals surface area contributed by atoms with E-state index in [1.807, 2.05) is 23.6 Å². The second kappa shape index (κ2) is 8.11. The summed E-state index contributed by atoms with van der Waals surface area (Å²) in [5.41, 5.74) is 0. The quantitative estimate of drug-likeness (QED) is 0.575. The van der Waals surface area contributed by atoms with Crippen molar-refractivity contribution in [3.63, 3.8) is 0 Å². The molecule has 0 unspecified atom stereocenters. The average Bonchev–Trinajstić information content (AvgIpc) is 3.24. The van der Waals surface area contributed by atoms with E-state index in [9.17, 15) is 4.79 Å². The summed E-state index contributed by atoms with van der Waals surface area (Å²) in [4.78, 5) is 17.4. The van der Waals surface area contributed by atoms with Crippen molar-refractivity contribution in [1.82, 2.24) is 19.7 Å². The number of nitrogens with one attached hydrogen (secondary N) is 1. The molecule has 0 aromatic carbocycles. The lowest BCUT2D eigenvalue weighted by atomic mass is 10.3. The van der Waals surface area contributed by atoms with E-state index >= 15 is 0 Å². The number of nitrogens with zero attached hydrogens (tertiary/aromatic N) is 4. The van der Waals surface area contributed by atoms with E-state index in [1.54, 1.807) is 23.6 Å². The molecule has 1 N–H and O–H groups in total. The molecule has 0 aliphatic heterocycles. The monoisotopic (exact) mass is 437 g/mol. The van der Waals surface area contributed by atoms with Crippen LogP contribution in [-0.4, -0.2) is 31.4 Å². The predicted molar refractivity (Wildman–Crippen MR) is 105 cm³/mol. The third-order valence-corrected chi connectivity index (χ3v) is 5.53. The van der Waals surface area contributed by atoms with Crippen LogP contribution in [0.3, 0.4) is 0 Å². The first-order valence-corrected chi connectivity index (χ1v) is 10.2. The van der Waals surface area contributed by atoms with Gasteiger partial charge in [0.1, 0.15) is 5.82 Å². The van der Waals surface area contributed by atoms with Crippen LogP contribution < -0.4 is 5.32 Å². The molecule has 1 amide bonds. The maximum absolute atomic E-state index is 12.1. The Labute approximate surface area is 162 Å². The Morgan fingerprint density at radius 1 is 1.36 bits per heavy atom. The van der Waals surface area contributed by atoms with Gasteiger partial charge in [-0.05, 0) is 53.4 Å². The molecule has 3 heterocycles. The minimum atomic E-state index is -0.129. The van der Waals surface area contributed by atoms with Crippen molar-refractivity contribution in [3.8, 4) is 10.7 Å². The van der Waals surface area contributed by atoms with Gasteiger partial charge in [0, 0.05) is 16.7 Å². The highest BCUT2D eigenvalue weighted by Gasteiger charge is 2.18. The molecular formula is C16H16BrN5OS2. The molecule has 6 nitrogen and oxygen atoms in total. The summed E-state index contributed by atoms with van der Waals surface area (Å²) in [5.74, 6) is 1.48. The predicted octanol–water partition coefficient (Wildman–Crippen LogP) is 4.48. The van der Waals surface area contributed by atoms with E-state index in [0.717, 1.165) is 20.3 Å². The van der Waals surface area contributed by atoms with Gasteiger partial charge in [0.15, 0.2) is 11.0 Å². The number of rotatable bonds is 6. The summed E-state index contributed by atoms with van der Waals surface area (Å²) in [6.45, 7) is 4.16. The van der Waals surface area contributed by atoms with Crippen molar-refractivity contribution in [2.45, 2.75) is 25.0 Å². The normalized spacial score (nSPS) is 11.0. The van der Waals surface area contributed by atoms with Gasteiger partial charge in [-0.25, -0.2) is 4.98 Å². The van der Waals surface area contributed by atoms with Gasteiger partial charge in [0.25, 0.3) is 0 Å². The fourth-order valence-electron chi connectivity index (χ4n) is 2.17. The second-order valence-corrected chi connectivity index (χ2v) is 8.25. The zero-order valence-corrected chi connectivity index (χ0v) is 16.9. The molecule has 130 valence electrons. The van der Waals surface area contributed by atoms with Crippen LogP contribution in [0.5, 0.6) is 0 Å². The van der Waals surface area contributed by atoms with Gasteiger partial charge < -0.3 is 5.32 Å². The molecular weight excluding hydrogens is 422 g/mol. The number of anilines is 1. The number of carbonyl (C=O) groups is 1. The molecule has 25 heavy (non-hydrogen) atoms. The van der Waals surface area contributed by atoms with Gasteiger partial charge >= 0.3 is 0 Å². The van der Waals surface area contributed by atoms with Gasteiger partial charge in [-0.15, -0.1) is 21.5 Å². The molecule has 0 spiro atoms. The number of halogens is 1. The van der Waals surface area contributed by atoms with Crippen LogP contribution in [0.1, 0.15) is 19.9 Å². The number of hydrogen-bond donors (Lipinski definition) is 1. The van der Waals surface area contributed by atoms with E-state index in [-0.39, 0.29) is 17.7 Å². The van der Waals surface area contributed by atoms with Crippen LogP contribution in [0.4, 0.5) is 5.82 Å². The van der Waals surface area contributed by atoms with Crippen LogP contribution in [-0.2, 0) is 4.79 Å². The Kier molecular flexibility index (Phi) is 5.87. The van der Waals surface area contributed by atoms with E-state index in [1.165, 1.54) is 11.8 Å². The highest BCUT2D eigenvalue weighted by atomic mass is 79.9. The first-order valence-electron chi connectivity index (χ1n) is 7.57. The third-order valence-electron chi connectivity index (χ3n) is 3.25. The summed E-state index contributed by atoms with van der Waals surface area (Å²) in [7, 11) is 0. The van der Waals surface area contributed by atoms with Gasteiger partial charge in [-0.1, -0.05) is 17.8 Å². The van der Waals surface area contributed by atoms with Crippen LogP contribution in [0.2, 0.25) is 0 Å². The average molecular weight is 438 g/mol. The molecule has 0 aliphatic rings. The fraction of sp³-hybridized carbons (Fsp3) is 0.250.